The van der Waals surface area contributed by atoms with Gasteiger partial charge in [-0.3, -0.25) is 9.59 Å². The summed E-state index contributed by atoms with van der Waals surface area (Å²) < 4.78 is 13.6. The molecular formula is C11H8FIN2O2. The van der Waals surface area contributed by atoms with E-state index in [9.17, 15) is 14.0 Å². The minimum atomic E-state index is -1.44. The van der Waals surface area contributed by atoms with Crippen molar-refractivity contribution >= 4 is 34.3 Å². The first-order valence-corrected chi connectivity index (χ1v) is 5.69. The topological polar surface area (TPSA) is 70.0 Å². The second-order valence-corrected chi connectivity index (χ2v) is 4.33. The molecule has 6 heteroatoms. The number of halogens is 2. The van der Waals surface area contributed by atoms with E-state index in [0.29, 0.717) is 3.57 Å². The van der Waals surface area contributed by atoms with Crippen LogP contribution in [0.25, 0.3) is 0 Å². The average molecular weight is 346 g/mol. The quantitative estimate of drug-likeness (QED) is 0.512. The zero-order valence-corrected chi connectivity index (χ0v) is 11.0. The summed E-state index contributed by atoms with van der Waals surface area (Å²) in [6.07, 6.45) is 0. The fourth-order valence-corrected chi connectivity index (χ4v) is 1.53. The first-order valence-electron chi connectivity index (χ1n) is 4.61. The van der Waals surface area contributed by atoms with Crippen molar-refractivity contribution in [1.29, 1.82) is 5.26 Å². The standard InChI is InChI=1S/C11H8FIN2O2/c1-15-11(17)7(5-14)10(16)6-2-3-9(13)8(12)4-6/h2-4,7H,1H3,(H,15,17). The zero-order chi connectivity index (χ0) is 13.0. The van der Waals surface area contributed by atoms with Gasteiger partial charge in [0.2, 0.25) is 5.91 Å². The first kappa shape index (κ1) is 13.6. The minimum Gasteiger partial charge on any atom is -0.358 e. The maximum atomic E-state index is 13.2. The molecule has 88 valence electrons. The van der Waals surface area contributed by atoms with Gasteiger partial charge in [0.05, 0.1) is 6.07 Å². The van der Waals surface area contributed by atoms with Gasteiger partial charge >= 0.3 is 0 Å². The number of ketones is 1. The molecule has 1 unspecified atom stereocenters. The number of amides is 1. The Labute approximate surface area is 111 Å². The van der Waals surface area contributed by atoms with Crippen LogP contribution in [0.15, 0.2) is 18.2 Å². The highest BCUT2D eigenvalue weighted by molar-refractivity contribution is 14.1. The third-order valence-electron chi connectivity index (χ3n) is 2.10. The second-order valence-electron chi connectivity index (χ2n) is 3.17. The molecule has 0 aliphatic heterocycles. The van der Waals surface area contributed by atoms with Gasteiger partial charge in [0.1, 0.15) is 5.82 Å². The van der Waals surface area contributed by atoms with Gasteiger partial charge in [0.25, 0.3) is 0 Å². The van der Waals surface area contributed by atoms with Crippen LogP contribution < -0.4 is 5.32 Å². The van der Waals surface area contributed by atoms with Crippen LogP contribution in [0.1, 0.15) is 10.4 Å². The van der Waals surface area contributed by atoms with Gasteiger partial charge in [0, 0.05) is 16.2 Å². The van der Waals surface area contributed by atoms with E-state index in [-0.39, 0.29) is 5.56 Å². The van der Waals surface area contributed by atoms with Gasteiger partial charge in [-0.1, -0.05) is 6.07 Å². The summed E-state index contributed by atoms with van der Waals surface area (Å²) in [5.74, 6) is -3.40. The summed E-state index contributed by atoms with van der Waals surface area (Å²) >= 11 is 1.78. The number of carbonyl (C=O) groups is 2. The molecule has 1 aromatic carbocycles. The van der Waals surface area contributed by atoms with Crippen molar-refractivity contribution in [2.75, 3.05) is 7.05 Å². The molecule has 0 bridgehead atoms. The smallest absolute Gasteiger partial charge is 0.245 e. The van der Waals surface area contributed by atoms with Gasteiger partial charge < -0.3 is 5.32 Å². The lowest BCUT2D eigenvalue weighted by Crippen LogP contribution is -2.32. The highest BCUT2D eigenvalue weighted by atomic mass is 127. The number of hydrogen-bond acceptors (Lipinski definition) is 3. The third kappa shape index (κ3) is 3.00. The van der Waals surface area contributed by atoms with E-state index in [4.69, 9.17) is 5.26 Å². The highest BCUT2D eigenvalue weighted by Gasteiger charge is 2.26. The van der Waals surface area contributed by atoms with E-state index in [0.717, 1.165) is 6.07 Å². The SMILES string of the molecule is CNC(=O)C(C#N)C(=O)c1ccc(I)c(F)c1. The Morgan fingerprint density at radius 1 is 1.53 bits per heavy atom. The van der Waals surface area contributed by atoms with Crippen molar-refractivity contribution in [3.05, 3.63) is 33.1 Å². The Morgan fingerprint density at radius 3 is 2.65 bits per heavy atom. The normalized spacial score (nSPS) is 11.4. The van der Waals surface area contributed by atoms with Crippen LogP contribution in [0.2, 0.25) is 0 Å². The molecule has 4 nitrogen and oxygen atoms in total. The lowest BCUT2D eigenvalue weighted by molar-refractivity contribution is -0.121. The number of rotatable bonds is 3. The van der Waals surface area contributed by atoms with Crippen molar-refractivity contribution < 1.29 is 14.0 Å². The molecule has 1 aromatic rings. The predicted molar refractivity (Wildman–Crippen MR) is 66.6 cm³/mol. The lowest BCUT2D eigenvalue weighted by Gasteiger charge is -2.07. The summed E-state index contributed by atoms with van der Waals surface area (Å²) in [7, 11) is 1.33. The number of hydrogen-bond donors (Lipinski definition) is 1. The highest BCUT2D eigenvalue weighted by Crippen LogP contribution is 2.15. The van der Waals surface area contributed by atoms with Crippen LogP contribution in [0.3, 0.4) is 0 Å². The Bertz CT molecular complexity index is 511. The zero-order valence-electron chi connectivity index (χ0n) is 8.83. The fourth-order valence-electron chi connectivity index (χ4n) is 1.20. The van der Waals surface area contributed by atoms with Crippen molar-refractivity contribution in [1.82, 2.24) is 5.32 Å². The molecular weight excluding hydrogens is 338 g/mol. The molecule has 0 aromatic heterocycles. The molecule has 0 spiro atoms. The van der Waals surface area contributed by atoms with Gasteiger partial charge in [-0.15, -0.1) is 0 Å². The van der Waals surface area contributed by atoms with Crippen molar-refractivity contribution in [3.8, 4) is 6.07 Å². The Kier molecular flexibility index (Phi) is 4.57. The van der Waals surface area contributed by atoms with Crippen LogP contribution in [-0.4, -0.2) is 18.7 Å². The van der Waals surface area contributed by atoms with Crippen LogP contribution in [0, 0.1) is 26.6 Å². The Morgan fingerprint density at radius 2 is 2.18 bits per heavy atom. The molecule has 0 aliphatic carbocycles. The molecule has 0 saturated heterocycles. The van der Waals surface area contributed by atoms with Gasteiger partial charge in [0.15, 0.2) is 11.7 Å². The Hall–Kier alpha value is -1.49. The van der Waals surface area contributed by atoms with E-state index in [1.807, 2.05) is 0 Å². The number of nitriles is 1. The largest absolute Gasteiger partial charge is 0.358 e. The molecule has 1 N–H and O–H groups in total. The molecule has 1 rings (SSSR count). The molecule has 0 heterocycles. The van der Waals surface area contributed by atoms with Gasteiger partial charge in [-0.2, -0.15) is 5.26 Å². The molecule has 0 aliphatic rings. The molecule has 1 atom stereocenters. The summed E-state index contributed by atoms with van der Waals surface area (Å²) in [4.78, 5) is 23.0. The van der Waals surface area contributed by atoms with E-state index >= 15 is 0 Å². The van der Waals surface area contributed by atoms with E-state index in [2.05, 4.69) is 5.32 Å². The third-order valence-corrected chi connectivity index (χ3v) is 2.98. The van der Waals surface area contributed by atoms with Crippen LogP contribution in [-0.2, 0) is 4.79 Å². The maximum Gasteiger partial charge on any atom is 0.245 e. The number of carbonyl (C=O) groups excluding carboxylic acids is 2. The first-order chi connectivity index (χ1) is 8.01. The number of benzene rings is 1. The van der Waals surface area contributed by atoms with Crippen LogP contribution in [0.5, 0.6) is 0 Å². The van der Waals surface area contributed by atoms with Crippen LogP contribution >= 0.6 is 22.6 Å². The van der Waals surface area contributed by atoms with Crippen molar-refractivity contribution in [3.63, 3.8) is 0 Å². The number of Topliss-reactive ketones (excluding diaryl/α,β-unsaturated/α-hetero) is 1. The van der Waals surface area contributed by atoms with Crippen molar-refractivity contribution in [2.24, 2.45) is 5.92 Å². The van der Waals surface area contributed by atoms with Gasteiger partial charge in [-0.05, 0) is 34.7 Å². The lowest BCUT2D eigenvalue weighted by atomic mass is 9.98. The summed E-state index contributed by atoms with van der Waals surface area (Å²) in [5, 5.41) is 11.0. The molecule has 1 amide bonds. The number of nitrogens with one attached hydrogen (secondary N) is 1. The summed E-state index contributed by atoms with van der Waals surface area (Å²) in [6.45, 7) is 0. The summed E-state index contributed by atoms with van der Waals surface area (Å²) in [5.41, 5.74) is 0.0121. The van der Waals surface area contributed by atoms with E-state index in [1.54, 1.807) is 28.7 Å². The Balaban J connectivity index is 3.07. The molecule has 17 heavy (non-hydrogen) atoms. The van der Waals surface area contributed by atoms with Crippen LogP contribution in [0.4, 0.5) is 4.39 Å². The number of nitrogens with zero attached hydrogens (tertiary/aromatic N) is 1. The monoisotopic (exact) mass is 346 g/mol. The second kappa shape index (κ2) is 5.72. The molecule has 0 saturated carbocycles. The van der Waals surface area contributed by atoms with Gasteiger partial charge in [-0.25, -0.2) is 4.39 Å². The predicted octanol–water partition coefficient (Wildman–Crippen LogP) is 1.50. The maximum absolute atomic E-state index is 13.2. The van der Waals surface area contributed by atoms with E-state index < -0.39 is 23.4 Å². The fraction of sp³-hybridized carbons (Fsp3) is 0.182. The van der Waals surface area contributed by atoms with Crippen molar-refractivity contribution in [2.45, 2.75) is 0 Å². The summed E-state index contributed by atoms with van der Waals surface area (Å²) in [6, 6.07) is 5.43. The molecule has 0 fully saturated rings. The molecule has 0 radical (unpaired) electrons. The minimum absolute atomic E-state index is 0.0121. The average Bonchev–Trinajstić information content (AvgIpc) is 2.33. The van der Waals surface area contributed by atoms with E-state index in [1.165, 1.54) is 19.2 Å².